The highest BCUT2D eigenvalue weighted by molar-refractivity contribution is 5.53. The number of hydrogen-bond donors (Lipinski definition) is 1. The molecule has 0 radical (unpaired) electrons. The summed E-state index contributed by atoms with van der Waals surface area (Å²) in [5.74, 6) is 0.861. The van der Waals surface area contributed by atoms with Gasteiger partial charge < -0.3 is 10.1 Å². The standard InChI is InChI=1S/C21H23N3O/c1-2-25-20-10-8-19(9-11-20)23-21-12-13-24(16-18(21)14-22)15-17-6-4-3-5-7-17/h3-11,23H,2,12-13,15-16H2,1H3. The first-order valence-electron chi connectivity index (χ1n) is 8.66. The summed E-state index contributed by atoms with van der Waals surface area (Å²) in [7, 11) is 0. The molecule has 2 aromatic rings. The predicted molar refractivity (Wildman–Crippen MR) is 100 cm³/mol. The maximum Gasteiger partial charge on any atom is 0.119 e. The number of nitriles is 1. The van der Waals surface area contributed by atoms with Crippen molar-refractivity contribution < 1.29 is 4.74 Å². The molecule has 25 heavy (non-hydrogen) atoms. The summed E-state index contributed by atoms with van der Waals surface area (Å²) in [4.78, 5) is 2.32. The normalized spacial score (nSPS) is 14.9. The van der Waals surface area contributed by atoms with E-state index in [1.54, 1.807) is 0 Å². The lowest BCUT2D eigenvalue weighted by Crippen LogP contribution is -2.32. The van der Waals surface area contributed by atoms with Crippen molar-refractivity contribution in [1.29, 1.82) is 5.26 Å². The zero-order valence-corrected chi connectivity index (χ0v) is 14.5. The molecule has 0 aromatic heterocycles. The van der Waals surface area contributed by atoms with Crippen molar-refractivity contribution in [2.75, 3.05) is 25.0 Å². The number of anilines is 1. The van der Waals surface area contributed by atoms with E-state index in [2.05, 4.69) is 40.6 Å². The summed E-state index contributed by atoms with van der Waals surface area (Å²) in [6.07, 6.45) is 0.850. The van der Waals surface area contributed by atoms with Crippen LogP contribution in [0.2, 0.25) is 0 Å². The molecule has 0 amide bonds. The monoisotopic (exact) mass is 333 g/mol. The Balaban J connectivity index is 1.66. The van der Waals surface area contributed by atoms with Gasteiger partial charge in [-0.2, -0.15) is 5.26 Å². The minimum absolute atomic E-state index is 0.660. The summed E-state index contributed by atoms with van der Waals surface area (Å²) in [5.41, 5.74) is 4.11. The zero-order valence-electron chi connectivity index (χ0n) is 14.5. The largest absolute Gasteiger partial charge is 0.494 e. The second-order valence-electron chi connectivity index (χ2n) is 6.10. The summed E-state index contributed by atoms with van der Waals surface area (Å²) in [6, 6.07) is 20.6. The van der Waals surface area contributed by atoms with Crippen molar-refractivity contribution in [2.45, 2.75) is 19.9 Å². The van der Waals surface area contributed by atoms with Crippen LogP contribution < -0.4 is 10.1 Å². The highest BCUT2D eigenvalue weighted by Crippen LogP contribution is 2.23. The fourth-order valence-electron chi connectivity index (χ4n) is 3.01. The molecule has 1 heterocycles. The van der Waals surface area contributed by atoms with Gasteiger partial charge in [-0.25, -0.2) is 0 Å². The molecule has 0 spiro atoms. The summed E-state index contributed by atoms with van der Waals surface area (Å²) < 4.78 is 5.46. The molecule has 4 nitrogen and oxygen atoms in total. The van der Waals surface area contributed by atoms with Crippen LogP contribution >= 0.6 is 0 Å². The summed E-state index contributed by atoms with van der Waals surface area (Å²) >= 11 is 0. The average molecular weight is 333 g/mol. The molecule has 0 saturated carbocycles. The molecule has 0 aliphatic carbocycles. The van der Waals surface area contributed by atoms with Crippen molar-refractivity contribution >= 4 is 5.69 Å². The number of hydrogen-bond acceptors (Lipinski definition) is 4. The second kappa shape index (κ2) is 8.36. The molecule has 0 atom stereocenters. The van der Waals surface area contributed by atoms with Crippen LogP contribution in [0.4, 0.5) is 5.69 Å². The van der Waals surface area contributed by atoms with E-state index in [4.69, 9.17) is 4.74 Å². The quantitative estimate of drug-likeness (QED) is 0.861. The van der Waals surface area contributed by atoms with Gasteiger partial charge >= 0.3 is 0 Å². The van der Waals surface area contributed by atoms with E-state index in [0.717, 1.165) is 42.2 Å². The number of nitrogens with one attached hydrogen (secondary N) is 1. The smallest absolute Gasteiger partial charge is 0.119 e. The van der Waals surface area contributed by atoms with Crippen molar-refractivity contribution in [3.63, 3.8) is 0 Å². The maximum absolute atomic E-state index is 9.54. The molecule has 128 valence electrons. The summed E-state index contributed by atoms with van der Waals surface area (Å²) in [5, 5.41) is 13.0. The zero-order chi connectivity index (χ0) is 17.5. The van der Waals surface area contributed by atoms with Gasteiger partial charge in [-0.05, 0) is 36.8 Å². The third-order valence-corrected chi connectivity index (χ3v) is 4.27. The van der Waals surface area contributed by atoms with Gasteiger partial charge in [0.1, 0.15) is 5.75 Å². The van der Waals surface area contributed by atoms with Crippen molar-refractivity contribution in [2.24, 2.45) is 0 Å². The van der Waals surface area contributed by atoms with Crippen LogP contribution in [-0.2, 0) is 6.54 Å². The molecular weight excluding hydrogens is 310 g/mol. The Labute approximate surface area is 149 Å². The van der Waals surface area contributed by atoms with E-state index in [9.17, 15) is 5.26 Å². The van der Waals surface area contributed by atoms with Crippen LogP contribution in [0.25, 0.3) is 0 Å². The van der Waals surface area contributed by atoms with Crippen molar-refractivity contribution in [3.05, 3.63) is 71.4 Å². The fourth-order valence-corrected chi connectivity index (χ4v) is 3.01. The van der Waals surface area contributed by atoms with Gasteiger partial charge in [0.05, 0.1) is 18.2 Å². The van der Waals surface area contributed by atoms with Crippen molar-refractivity contribution in [3.8, 4) is 11.8 Å². The molecule has 1 aliphatic heterocycles. The fraction of sp³-hybridized carbons (Fsp3) is 0.286. The topological polar surface area (TPSA) is 48.3 Å². The van der Waals surface area contributed by atoms with E-state index >= 15 is 0 Å². The van der Waals surface area contributed by atoms with Gasteiger partial charge in [0.15, 0.2) is 0 Å². The van der Waals surface area contributed by atoms with Crippen LogP contribution in [0.15, 0.2) is 65.9 Å². The van der Waals surface area contributed by atoms with Gasteiger partial charge in [-0.1, -0.05) is 30.3 Å². The van der Waals surface area contributed by atoms with Gasteiger partial charge in [-0.3, -0.25) is 4.90 Å². The first kappa shape index (κ1) is 17.1. The average Bonchev–Trinajstić information content (AvgIpc) is 2.65. The Bertz CT molecular complexity index is 760. The first-order valence-corrected chi connectivity index (χ1v) is 8.66. The van der Waals surface area contributed by atoms with E-state index < -0.39 is 0 Å². The molecule has 0 saturated heterocycles. The number of ether oxygens (including phenoxy) is 1. The predicted octanol–water partition coefficient (Wildman–Crippen LogP) is 4.18. The Morgan fingerprint density at radius 1 is 1.12 bits per heavy atom. The molecule has 1 aliphatic rings. The Hall–Kier alpha value is -2.77. The van der Waals surface area contributed by atoms with Crippen LogP contribution in [0.1, 0.15) is 18.9 Å². The first-order chi connectivity index (χ1) is 12.3. The molecular formula is C21H23N3O. The van der Waals surface area contributed by atoms with Gasteiger partial charge in [0.25, 0.3) is 0 Å². The van der Waals surface area contributed by atoms with E-state index in [1.165, 1.54) is 5.56 Å². The van der Waals surface area contributed by atoms with Crippen molar-refractivity contribution in [1.82, 2.24) is 4.90 Å². The lowest BCUT2D eigenvalue weighted by molar-refractivity contribution is 0.281. The molecule has 0 unspecified atom stereocenters. The highest BCUT2D eigenvalue weighted by Gasteiger charge is 2.19. The minimum Gasteiger partial charge on any atom is -0.494 e. The number of nitrogens with zero attached hydrogens (tertiary/aromatic N) is 2. The highest BCUT2D eigenvalue weighted by atomic mass is 16.5. The molecule has 3 rings (SSSR count). The molecule has 0 bridgehead atoms. The van der Waals surface area contributed by atoms with Gasteiger partial charge in [-0.15, -0.1) is 0 Å². The molecule has 2 aromatic carbocycles. The van der Waals surface area contributed by atoms with Crippen LogP contribution in [0, 0.1) is 11.3 Å². The molecule has 4 heteroatoms. The third-order valence-electron chi connectivity index (χ3n) is 4.27. The maximum atomic E-state index is 9.54. The SMILES string of the molecule is CCOc1ccc(NC2=C(C#N)CN(Cc3ccccc3)CC2)cc1. The van der Waals surface area contributed by atoms with E-state index in [-0.39, 0.29) is 0 Å². The Kier molecular flexibility index (Phi) is 5.71. The Morgan fingerprint density at radius 3 is 2.56 bits per heavy atom. The van der Waals surface area contributed by atoms with Gasteiger partial charge in [0.2, 0.25) is 0 Å². The molecule has 0 fully saturated rings. The van der Waals surface area contributed by atoms with E-state index in [0.29, 0.717) is 13.2 Å². The van der Waals surface area contributed by atoms with E-state index in [1.807, 2.05) is 37.3 Å². The number of benzene rings is 2. The lowest BCUT2D eigenvalue weighted by Gasteiger charge is -2.29. The van der Waals surface area contributed by atoms with Crippen LogP contribution in [0.5, 0.6) is 5.75 Å². The van der Waals surface area contributed by atoms with Crippen LogP contribution in [0.3, 0.4) is 0 Å². The van der Waals surface area contributed by atoms with Crippen LogP contribution in [-0.4, -0.2) is 24.6 Å². The molecule has 1 N–H and O–H groups in total. The third kappa shape index (κ3) is 4.62. The lowest BCUT2D eigenvalue weighted by atomic mass is 10.1. The summed E-state index contributed by atoms with van der Waals surface area (Å²) in [6.45, 7) is 5.14. The van der Waals surface area contributed by atoms with Gasteiger partial charge in [0, 0.05) is 37.4 Å². The number of rotatable bonds is 6. The second-order valence-corrected chi connectivity index (χ2v) is 6.10. The minimum atomic E-state index is 0.660. The Morgan fingerprint density at radius 2 is 1.88 bits per heavy atom.